The van der Waals surface area contributed by atoms with Gasteiger partial charge in [0.15, 0.2) is 0 Å². The minimum atomic E-state index is -1.11. The van der Waals surface area contributed by atoms with Crippen molar-refractivity contribution in [3.05, 3.63) is 18.0 Å². The summed E-state index contributed by atoms with van der Waals surface area (Å²) in [6.45, 7) is 4.01. The van der Waals surface area contributed by atoms with E-state index in [0.717, 1.165) is 0 Å². The number of carbonyl (C=O) groups excluding carboxylic acids is 1. The molecule has 2 rings (SSSR count). The van der Waals surface area contributed by atoms with Crippen molar-refractivity contribution in [2.24, 2.45) is 0 Å². The van der Waals surface area contributed by atoms with Crippen LogP contribution in [0.4, 0.5) is 10.7 Å². The number of hydrogen-bond acceptors (Lipinski definition) is 8. The minimum Gasteiger partial charge on any atom is -0.465 e. The number of anilines is 1. The number of nitriles is 1. The number of nitrogens with zero attached hydrogens (tertiary/aromatic N) is 5. The fraction of sp³-hybridized carbons (Fsp3) is 0.533. The number of nitrogens with one attached hydrogen (secondary N) is 2. The first kappa shape index (κ1) is 19.4. The number of carboxylic acid groups (broad SMARTS) is 1. The summed E-state index contributed by atoms with van der Waals surface area (Å²) >= 11 is 0. The Hall–Kier alpha value is -2.97. The monoisotopic (exact) mass is 363 g/mol. The predicted molar refractivity (Wildman–Crippen MR) is 90.1 cm³/mol. The predicted octanol–water partition coefficient (Wildman–Crippen LogP) is -0.826. The van der Waals surface area contributed by atoms with Gasteiger partial charge in [-0.1, -0.05) is 0 Å². The van der Waals surface area contributed by atoms with Crippen molar-refractivity contribution in [2.75, 3.05) is 44.2 Å². The SMILES string of the molecule is CC(CNOCC(=O)N1CCN(c2ncc(C#N)cn2)CC1)NC(=O)O. The van der Waals surface area contributed by atoms with Crippen molar-refractivity contribution in [1.82, 2.24) is 25.7 Å². The lowest BCUT2D eigenvalue weighted by molar-refractivity contribution is -0.139. The molecular formula is C15H21N7O4. The molecule has 1 aromatic heterocycles. The van der Waals surface area contributed by atoms with Crippen molar-refractivity contribution in [3.8, 4) is 6.07 Å². The molecule has 0 saturated carbocycles. The number of hydrogen-bond donors (Lipinski definition) is 3. The molecule has 1 fully saturated rings. The van der Waals surface area contributed by atoms with Crippen LogP contribution in [0.15, 0.2) is 12.4 Å². The van der Waals surface area contributed by atoms with E-state index in [1.54, 1.807) is 11.8 Å². The van der Waals surface area contributed by atoms with Crippen molar-refractivity contribution >= 4 is 17.9 Å². The molecule has 1 aromatic rings. The third-order valence-corrected chi connectivity index (χ3v) is 3.74. The molecule has 2 amide bonds. The third-order valence-electron chi connectivity index (χ3n) is 3.74. The Morgan fingerprint density at radius 2 is 2.00 bits per heavy atom. The van der Waals surface area contributed by atoms with Gasteiger partial charge in [-0.3, -0.25) is 9.63 Å². The molecule has 0 spiro atoms. The van der Waals surface area contributed by atoms with Gasteiger partial charge in [0.1, 0.15) is 12.7 Å². The van der Waals surface area contributed by atoms with Gasteiger partial charge in [-0.05, 0) is 6.92 Å². The summed E-state index contributed by atoms with van der Waals surface area (Å²) in [6.07, 6.45) is 1.83. The molecule has 0 aliphatic carbocycles. The van der Waals surface area contributed by atoms with Gasteiger partial charge in [0.05, 0.1) is 18.0 Å². The minimum absolute atomic E-state index is 0.132. The Balaban J connectivity index is 1.67. The lowest BCUT2D eigenvalue weighted by atomic mass is 10.3. The van der Waals surface area contributed by atoms with Crippen molar-refractivity contribution in [3.63, 3.8) is 0 Å². The fourth-order valence-corrected chi connectivity index (χ4v) is 2.35. The molecule has 11 nitrogen and oxygen atoms in total. The molecule has 1 unspecified atom stereocenters. The fourth-order valence-electron chi connectivity index (χ4n) is 2.35. The highest BCUT2D eigenvalue weighted by Gasteiger charge is 2.22. The summed E-state index contributed by atoms with van der Waals surface area (Å²) in [6, 6.07) is 1.64. The third kappa shape index (κ3) is 5.83. The van der Waals surface area contributed by atoms with Crippen LogP contribution in [0.3, 0.4) is 0 Å². The van der Waals surface area contributed by atoms with E-state index in [2.05, 4.69) is 20.8 Å². The number of hydroxylamine groups is 1. The molecule has 26 heavy (non-hydrogen) atoms. The largest absolute Gasteiger partial charge is 0.465 e. The molecular weight excluding hydrogens is 342 g/mol. The molecule has 0 bridgehead atoms. The quantitative estimate of drug-likeness (QED) is 0.418. The first-order valence-electron chi connectivity index (χ1n) is 8.08. The molecule has 0 radical (unpaired) electrons. The zero-order chi connectivity index (χ0) is 18.9. The number of amides is 2. The second-order valence-electron chi connectivity index (χ2n) is 5.74. The van der Waals surface area contributed by atoms with E-state index in [1.807, 2.05) is 11.0 Å². The Labute approximate surface area is 150 Å². The van der Waals surface area contributed by atoms with E-state index in [-0.39, 0.29) is 25.1 Å². The van der Waals surface area contributed by atoms with Crippen molar-refractivity contribution in [1.29, 1.82) is 5.26 Å². The molecule has 2 heterocycles. The summed E-state index contributed by atoms with van der Waals surface area (Å²) < 4.78 is 0. The van der Waals surface area contributed by atoms with Crippen molar-refractivity contribution < 1.29 is 19.5 Å². The summed E-state index contributed by atoms with van der Waals surface area (Å²) in [5, 5.41) is 19.6. The lowest BCUT2D eigenvalue weighted by Crippen LogP contribution is -2.50. The number of carbonyl (C=O) groups is 2. The molecule has 1 aliphatic rings. The van der Waals surface area contributed by atoms with Gasteiger partial charge in [-0.15, -0.1) is 0 Å². The van der Waals surface area contributed by atoms with Gasteiger partial charge in [0.25, 0.3) is 5.91 Å². The lowest BCUT2D eigenvalue weighted by Gasteiger charge is -2.34. The Kier molecular flexibility index (Phi) is 7.07. The second kappa shape index (κ2) is 9.50. The molecule has 1 atom stereocenters. The molecule has 140 valence electrons. The Bertz CT molecular complexity index is 653. The number of piperazine rings is 1. The maximum Gasteiger partial charge on any atom is 0.404 e. The molecule has 0 aromatic carbocycles. The number of aromatic nitrogens is 2. The van der Waals surface area contributed by atoms with Gasteiger partial charge in [-0.2, -0.15) is 10.7 Å². The molecule has 11 heteroatoms. The highest BCUT2D eigenvalue weighted by Crippen LogP contribution is 2.10. The maximum atomic E-state index is 12.1. The average molecular weight is 363 g/mol. The first-order chi connectivity index (χ1) is 12.5. The smallest absolute Gasteiger partial charge is 0.404 e. The van der Waals surface area contributed by atoms with Crippen LogP contribution in [0, 0.1) is 11.3 Å². The van der Waals surface area contributed by atoms with Gasteiger partial charge in [-0.25, -0.2) is 14.8 Å². The first-order valence-corrected chi connectivity index (χ1v) is 8.08. The summed E-state index contributed by atoms with van der Waals surface area (Å²) in [7, 11) is 0. The second-order valence-corrected chi connectivity index (χ2v) is 5.74. The van der Waals surface area contributed by atoms with Crippen LogP contribution in [0.1, 0.15) is 12.5 Å². The molecule has 1 aliphatic heterocycles. The standard InChI is InChI=1S/C15H21N7O4/c1-11(20-15(24)25)7-19-26-10-13(23)21-2-4-22(5-3-21)14-17-8-12(6-16)9-18-14/h8-9,11,19-20H,2-5,7,10H2,1H3,(H,24,25). The summed E-state index contributed by atoms with van der Waals surface area (Å²) in [5.41, 5.74) is 2.98. The zero-order valence-corrected chi connectivity index (χ0v) is 14.4. The number of rotatable bonds is 7. The van der Waals surface area contributed by atoms with E-state index in [1.165, 1.54) is 12.4 Å². The molecule has 3 N–H and O–H groups in total. The van der Waals surface area contributed by atoms with Crippen LogP contribution >= 0.6 is 0 Å². The van der Waals surface area contributed by atoms with Gasteiger partial charge < -0.3 is 20.2 Å². The van der Waals surface area contributed by atoms with Crippen molar-refractivity contribution in [2.45, 2.75) is 13.0 Å². The Morgan fingerprint density at radius 1 is 1.35 bits per heavy atom. The summed E-state index contributed by atoms with van der Waals surface area (Å²) in [4.78, 5) is 39.6. The van der Waals surface area contributed by atoms with Crippen LogP contribution in [0.5, 0.6) is 0 Å². The highest BCUT2D eigenvalue weighted by atomic mass is 16.6. The van der Waals surface area contributed by atoms with E-state index < -0.39 is 6.09 Å². The maximum absolute atomic E-state index is 12.1. The van der Waals surface area contributed by atoms with Crippen LogP contribution in [0.2, 0.25) is 0 Å². The Morgan fingerprint density at radius 3 is 2.58 bits per heavy atom. The van der Waals surface area contributed by atoms with Gasteiger partial charge in [0.2, 0.25) is 5.95 Å². The van der Waals surface area contributed by atoms with E-state index in [9.17, 15) is 9.59 Å². The van der Waals surface area contributed by atoms with Gasteiger partial charge in [0, 0.05) is 38.8 Å². The van der Waals surface area contributed by atoms with Crippen LogP contribution in [-0.2, 0) is 9.63 Å². The average Bonchev–Trinajstić information content (AvgIpc) is 2.64. The zero-order valence-electron chi connectivity index (χ0n) is 14.4. The molecule has 1 saturated heterocycles. The van der Waals surface area contributed by atoms with Crippen LogP contribution < -0.4 is 15.7 Å². The topological polar surface area (TPSA) is 144 Å². The summed E-state index contributed by atoms with van der Waals surface area (Å²) in [5.74, 6) is 0.380. The van der Waals surface area contributed by atoms with Crippen LogP contribution in [0.25, 0.3) is 0 Å². The highest BCUT2D eigenvalue weighted by molar-refractivity contribution is 5.77. The normalized spacial score (nSPS) is 15.2. The van der Waals surface area contributed by atoms with Crippen LogP contribution in [-0.4, -0.2) is 77.3 Å². The van der Waals surface area contributed by atoms with E-state index in [0.29, 0.717) is 37.7 Å². The van der Waals surface area contributed by atoms with E-state index >= 15 is 0 Å². The van der Waals surface area contributed by atoms with Gasteiger partial charge >= 0.3 is 6.09 Å². The van der Waals surface area contributed by atoms with E-state index in [4.69, 9.17) is 15.2 Å².